The van der Waals surface area contributed by atoms with Gasteiger partial charge in [0.25, 0.3) is 5.91 Å². The Labute approximate surface area is 84.6 Å². The first-order valence-electron chi connectivity index (χ1n) is 4.83. The van der Waals surface area contributed by atoms with Crippen LogP contribution < -0.4 is 5.32 Å². The van der Waals surface area contributed by atoms with Gasteiger partial charge in [-0.05, 0) is 5.92 Å². The molecule has 1 heterocycles. The highest BCUT2D eigenvalue weighted by Gasteiger charge is 2.08. The first kappa shape index (κ1) is 11.0. The molecule has 0 aromatic rings. The summed E-state index contributed by atoms with van der Waals surface area (Å²) in [5.74, 6) is 5.14. The number of hydrogen-bond acceptors (Lipinski definition) is 3. The molecule has 1 amide bonds. The average Bonchev–Trinajstić information content (AvgIpc) is 2.25. The molecule has 0 aromatic carbocycles. The van der Waals surface area contributed by atoms with Gasteiger partial charge in [0.1, 0.15) is 0 Å². The average molecular weight is 196 g/mol. The van der Waals surface area contributed by atoms with E-state index < -0.39 is 0 Å². The van der Waals surface area contributed by atoms with E-state index in [0.717, 1.165) is 39.3 Å². The lowest BCUT2D eigenvalue weighted by molar-refractivity contribution is -0.115. The van der Waals surface area contributed by atoms with Crippen molar-refractivity contribution in [3.8, 4) is 11.8 Å². The predicted octanol–water partition coefficient (Wildman–Crippen LogP) is -0.542. The van der Waals surface area contributed by atoms with Crippen molar-refractivity contribution in [2.45, 2.75) is 6.42 Å². The normalized spacial score (nSPS) is 16.9. The second kappa shape index (κ2) is 6.41. The zero-order valence-electron chi connectivity index (χ0n) is 8.51. The van der Waals surface area contributed by atoms with Crippen LogP contribution in [0.1, 0.15) is 6.42 Å². The van der Waals surface area contributed by atoms with Crippen LogP contribution in [0.3, 0.4) is 0 Å². The molecule has 1 fully saturated rings. The molecule has 0 aromatic heterocycles. The van der Waals surface area contributed by atoms with E-state index >= 15 is 0 Å². The molecule has 4 nitrogen and oxygen atoms in total. The zero-order chi connectivity index (χ0) is 10.2. The third-order valence-electron chi connectivity index (χ3n) is 2.09. The summed E-state index contributed by atoms with van der Waals surface area (Å²) in [6, 6.07) is 0. The number of hydrogen-bond donors (Lipinski definition) is 1. The summed E-state index contributed by atoms with van der Waals surface area (Å²) in [6.45, 7) is 4.49. The van der Waals surface area contributed by atoms with Crippen LogP contribution in [0.25, 0.3) is 0 Å². The summed E-state index contributed by atoms with van der Waals surface area (Å²) in [5, 5.41) is 2.46. The van der Waals surface area contributed by atoms with Crippen LogP contribution in [0, 0.1) is 11.8 Å². The van der Waals surface area contributed by atoms with E-state index in [1.807, 2.05) is 0 Å². The monoisotopic (exact) mass is 196 g/mol. The number of carbonyl (C=O) groups is 1. The highest BCUT2D eigenvalue weighted by molar-refractivity contribution is 5.93. The van der Waals surface area contributed by atoms with Gasteiger partial charge in [-0.25, -0.2) is 0 Å². The summed E-state index contributed by atoms with van der Waals surface area (Å²) >= 11 is 0. The molecule has 0 aliphatic carbocycles. The first-order chi connectivity index (χ1) is 6.83. The van der Waals surface area contributed by atoms with Crippen molar-refractivity contribution in [2.24, 2.45) is 0 Å². The molecule has 1 rings (SSSR count). The fraction of sp³-hybridized carbons (Fsp3) is 0.700. The maximum absolute atomic E-state index is 10.7. The Morgan fingerprint density at radius 2 is 2.21 bits per heavy atom. The second-order valence-corrected chi connectivity index (χ2v) is 3.08. The SMILES string of the molecule is CNC(=O)C#CCCN1CCOCC1. The van der Waals surface area contributed by atoms with Gasteiger partial charge in [-0.3, -0.25) is 9.69 Å². The molecule has 0 bridgehead atoms. The predicted molar refractivity (Wildman–Crippen MR) is 53.7 cm³/mol. The molecule has 0 saturated carbocycles. The Morgan fingerprint density at radius 3 is 2.86 bits per heavy atom. The number of nitrogens with zero attached hydrogens (tertiary/aromatic N) is 1. The van der Waals surface area contributed by atoms with Crippen molar-refractivity contribution in [1.82, 2.24) is 10.2 Å². The first-order valence-corrected chi connectivity index (χ1v) is 4.83. The van der Waals surface area contributed by atoms with Crippen molar-refractivity contribution < 1.29 is 9.53 Å². The van der Waals surface area contributed by atoms with Crippen molar-refractivity contribution in [1.29, 1.82) is 0 Å². The molecule has 78 valence electrons. The van der Waals surface area contributed by atoms with Crippen molar-refractivity contribution >= 4 is 5.91 Å². The highest BCUT2D eigenvalue weighted by Crippen LogP contribution is 1.96. The van der Waals surface area contributed by atoms with E-state index in [-0.39, 0.29) is 5.91 Å². The molecule has 0 spiro atoms. The van der Waals surface area contributed by atoms with E-state index in [1.165, 1.54) is 0 Å². The summed E-state index contributed by atoms with van der Waals surface area (Å²) in [7, 11) is 1.58. The Balaban J connectivity index is 2.12. The number of rotatable bonds is 2. The van der Waals surface area contributed by atoms with Crippen molar-refractivity contribution in [2.75, 3.05) is 39.9 Å². The molecule has 14 heavy (non-hydrogen) atoms. The number of amides is 1. The molecule has 1 N–H and O–H groups in total. The van der Waals surface area contributed by atoms with Gasteiger partial charge in [0.2, 0.25) is 0 Å². The van der Waals surface area contributed by atoms with Crippen LogP contribution in [0.4, 0.5) is 0 Å². The van der Waals surface area contributed by atoms with Crippen LogP contribution in [-0.2, 0) is 9.53 Å². The quantitative estimate of drug-likeness (QED) is 0.603. The molecular weight excluding hydrogens is 180 g/mol. The standard InChI is InChI=1S/C10H16N2O2/c1-11-10(13)4-2-3-5-12-6-8-14-9-7-12/h3,5-9H2,1H3,(H,11,13). The fourth-order valence-electron chi connectivity index (χ4n) is 1.24. The minimum atomic E-state index is -0.216. The lowest BCUT2D eigenvalue weighted by Crippen LogP contribution is -2.36. The molecule has 0 unspecified atom stereocenters. The number of carbonyl (C=O) groups excluding carboxylic acids is 1. The van der Waals surface area contributed by atoms with E-state index in [2.05, 4.69) is 22.1 Å². The smallest absolute Gasteiger partial charge is 0.295 e. The van der Waals surface area contributed by atoms with Gasteiger partial charge >= 0.3 is 0 Å². The Hall–Kier alpha value is -1.05. The van der Waals surface area contributed by atoms with Crippen LogP contribution in [-0.4, -0.2) is 50.7 Å². The summed E-state index contributed by atoms with van der Waals surface area (Å²) in [6.07, 6.45) is 0.743. The van der Waals surface area contributed by atoms with E-state index in [1.54, 1.807) is 7.05 Å². The molecule has 4 heteroatoms. The van der Waals surface area contributed by atoms with Gasteiger partial charge in [-0.1, -0.05) is 5.92 Å². The molecular formula is C10H16N2O2. The maximum Gasteiger partial charge on any atom is 0.295 e. The van der Waals surface area contributed by atoms with Crippen LogP contribution in [0.5, 0.6) is 0 Å². The second-order valence-electron chi connectivity index (χ2n) is 3.08. The van der Waals surface area contributed by atoms with Gasteiger partial charge in [-0.15, -0.1) is 0 Å². The number of nitrogens with one attached hydrogen (secondary N) is 1. The van der Waals surface area contributed by atoms with Crippen LogP contribution >= 0.6 is 0 Å². The van der Waals surface area contributed by atoms with Crippen molar-refractivity contribution in [3.63, 3.8) is 0 Å². The Morgan fingerprint density at radius 1 is 1.50 bits per heavy atom. The Kier molecular flexibility index (Phi) is 5.05. The van der Waals surface area contributed by atoms with Gasteiger partial charge < -0.3 is 10.1 Å². The minimum absolute atomic E-state index is 0.216. The van der Waals surface area contributed by atoms with Gasteiger partial charge in [-0.2, -0.15) is 0 Å². The molecule has 1 aliphatic heterocycles. The Bertz CT molecular complexity index is 236. The van der Waals surface area contributed by atoms with Gasteiger partial charge in [0.15, 0.2) is 0 Å². The lowest BCUT2D eigenvalue weighted by Gasteiger charge is -2.25. The summed E-state index contributed by atoms with van der Waals surface area (Å²) in [5.41, 5.74) is 0. The molecule has 0 radical (unpaired) electrons. The molecule has 0 atom stereocenters. The van der Waals surface area contributed by atoms with Crippen LogP contribution in [0.15, 0.2) is 0 Å². The summed E-state index contributed by atoms with van der Waals surface area (Å²) < 4.78 is 5.22. The molecule has 1 saturated heterocycles. The maximum atomic E-state index is 10.7. The zero-order valence-corrected chi connectivity index (χ0v) is 8.51. The topological polar surface area (TPSA) is 41.6 Å². The van der Waals surface area contributed by atoms with E-state index in [4.69, 9.17) is 4.74 Å². The highest BCUT2D eigenvalue weighted by atomic mass is 16.5. The van der Waals surface area contributed by atoms with Crippen molar-refractivity contribution in [3.05, 3.63) is 0 Å². The van der Waals surface area contributed by atoms with Gasteiger partial charge in [0, 0.05) is 33.1 Å². The fourth-order valence-corrected chi connectivity index (χ4v) is 1.24. The summed E-state index contributed by atoms with van der Waals surface area (Å²) in [4.78, 5) is 13.0. The third-order valence-corrected chi connectivity index (χ3v) is 2.09. The number of ether oxygens (including phenoxy) is 1. The minimum Gasteiger partial charge on any atom is -0.379 e. The van der Waals surface area contributed by atoms with E-state index in [9.17, 15) is 4.79 Å². The largest absolute Gasteiger partial charge is 0.379 e. The van der Waals surface area contributed by atoms with Gasteiger partial charge in [0.05, 0.1) is 13.2 Å². The third kappa shape index (κ3) is 4.26. The lowest BCUT2D eigenvalue weighted by atomic mass is 10.3. The van der Waals surface area contributed by atoms with E-state index in [0.29, 0.717) is 0 Å². The molecule has 1 aliphatic rings. The van der Waals surface area contributed by atoms with Crippen LogP contribution in [0.2, 0.25) is 0 Å². The number of morpholine rings is 1.